The Kier molecular flexibility index (Phi) is 4.55. The fourth-order valence-electron chi connectivity index (χ4n) is 2.87. The molecule has 24 heavy (non-hydrogen) atoms. The van der Waals surface area contributed by atoms with Crippen LogP contribution in [0, 0.1) is 5.92 Å². The van der Waals surface area contributed by atoms with E-state index in [0.29, 0.717) is 13.0 Å². The van der Waals surface area contributed by atoms with Crippen LogP contribution in [0.25, 0.3) is 11.1 Å². The largest absolute Gasteiger partial charge is 0.349 e. The van der Waals surface area contributed by atoms with Crippen LogP contribution in [0.2, 0.25) is 0 Å². The number of hydrogen-bond acceptors (Lipinski definition) is 4. The van der Waals surface area contributed by atoms with Crippen molar-refractivity contribution in [2.75, 3.05) is 13.6 Å². The average molecular weight is 324 g/mol. The molecule has 1 aliphatic rings. The standard InChI is InChI=1S/C18H20N4O2/c1-12(21-18(24)15-7-17(23)22(2)10-15)13-3-5-14(6-4-13)16-8-19-11-20-9-16/h3-6,8-9,11-12,15H,7,10H2,1-2H3,(H,21,24)/t12-,15-/m1/s1. The number of carbonyl (C=O) groups excluding carboxylic acids is 2. The third kappa shape index (κ3) is 3.42. The number of rotatable bonds is 4. The van der Waals surface area contributed by atoms with E-state index < -0.39 is 0 Å². The van der Waals surface area contributed by atoms with E-state index in [4.69, 9.17) is 0 Å². The Hall–Kier alpha value is -2.76. The molecule has 2 aromatic rings. The van der Waals surface area contributed by atoms with Gasteiger partial charge in [-0.3, -0.25) is 9.59 Å². The molecule has 0 spiro atoms. The first kappa shape index (κ1) is 16.1. The van der Waals surface area contributed by atoms with Gasteiger partial charge in [-0.05, 0) is 18.1 Å². The van der Waals surface area contributed by atoms with Crippen molar-refractivity contribution < 1.29 is 9.59 Å². The minimum atomic E-state index is -0.259. The maximum absolute atomic E-state index is 12.3. The molecule has 0 saturated carbocycles. The molecule has 1 aromatic heterocycles. The Bertz CT molecular complexity index is 730. The first-order valence-electron chi connectivity index (χ1n) is 7.94. The SMILES string of the molecule is C[C@@H](NC(=O)[C@@H]1CC(=O)N(C)C1)c1ccc(-c2cncnc2)cc1. The quantitative estimate of drug-likeness (QED) is 0.930. The summed E-state index contributed by atoms with van der Waals surface area (Å²) in [6, 6.07) is 7.84. The molecule has 0 unspecified atom stereocenters. The van der Waals surface area contributed by atoms with Crippen molar-refractivity contribution in [3.63, 3.8) is 0 Å². The van der Waals surface area contributed by atoms with Crippen molar-refractivity contribution in [2.45, 2.75) is 19.4 Å². The average Bonchev–Trinajstić information content (AvgIpc) is 2.95. The van der Waals surface area contributed by atoms with Crippen LogP contribution >= 0.6 is 0 Å². The van der Waals surface area contributed by atoms with Gasteiger partial charge in [0, 0.05) is 38.0 Å². The van der Waals surface area contributed by atoms with Gasteiger partial charge in [-0.1, -0.05) is 24.3 Å². The zero-order valence-electron chi connectivity index (χ0n) is 13.8. The van der Waals surface area contributed by atoms with Gasteiger partial charge in [0.2, 0.25) is 11.8 Å². The fourth-order valence-corrected chi connectivity index (χ4v) is 2.87. The lowest BCUT2D eigenvalue weighted by molar-refractivity contribution is -0.128. The molecular formula is C18H20N4O2. The molecule has 2 heterocycles. The van der Waals surface area contributed by atoms with Gasteiger partial charge in [0.15, 0.2) is 0 Å². The van der Waals surface area contributed by atoms with Crippen LogP contribution in [0.3, 0.4) is 0 Å². The molecule has 124 valence electrons. The minimum Gasteiger partial charge on any atom is -0.349 e. The number of carbonyl (C=O) groups is 2. The van der Waals surface area contributed by atoms with E-state index in [0.717, 1.165) is 16.7 Å². The second-order valence-electron chi connectivity index (χ2n) is 6.15. The zero-order chi connectivity index (χ0) is 17.1. The van der Waals surface area contributed by atoms with Gasteiger partial charge >= 0.3 is 0 Å². The van der Waals surface area contributed by atoms with Crippen LogP contribution in [0.1, 0.15) is 24.9 Å². The maximum atomic E-state index is 12.3. The van der Waals surface area contributed by atoms with Crippen molar-refractivity contribution in [2.24, 2.45) is 5.92 Å². The van der Waals surface area contributed by atoms with E-state index in [1.807, 2.05) is 31.2 Å². The Balaban J connectivity index is 1.64. The summed E-state index contributed by atoms with van der Waals surface area (Å²) >= 11 is 0. The van der Waals surface area contributed by atoms with Gasteiger partial charge < -0.3 is 10.2 Å². The van der Waals surface area contributed by atoms with Crippen LogP contribution in [0.4, 0.5) is 0 Å². The van der Waals surface area contributed by atoms with Crippen molar-refractivity contribution in [3.8, 4) is 11.1 Å². The second kappa shape index (κ2) is 6.78. The first-order chi connectivity index (χ1) is 11.5. The highest BCUT2D eigenvalue weighted by Crippen LogP contribution is 2.22. The smallest absolute Gasteiger partial charge is 0.225 e. The number of benzene rings is 1. The number of nitrogens with zero attached hydrogens (tertiary/aromatic N) is 3. The highest BCUT2D eigenvalue weighted by Gasteiger charge is 2.32. The number of aromatic nitrogens is 2. The normalized spacial score (nSPS) is 18.5. The summed E-state index contributed by atoms with van der Waals surface area (Å²) in [6.45, 7) is 2.43. The van der Waals surface area contributed by atoms with E-state index in [1.54, 1.807) is 24.3 Å². The van der Waals surface area contributed by atoms with Crippen LogP contribution in [-0.2, 0) is 9.59 Å². The van der Waals surface area contributed by atoms with Crippen molar-refractivity contribution >= 4 is 11.8 Å². The van der Waals surface area contributed by atoms with Crippen LogP contribution in [0.5, 0.6) is 0 Å². The lowest BCUT2D eigenvalue weighted by atomic mass is 10.0. The summed E-state index contributed by atoms with van der Waals surface area (Å²) in [5.41, 5.74) is 3.00. The summed E-state index contributed by atoms with van der Waals surface area (Å²) in [6.07, 6.45) is 5.32. The van der Waals surface area contributed by atoms with E-state index in [2.05, 4.69) is 15.3 Å². The molecule has 1 fully saturated rings. The van der Waals surface area contributed by atoms with Gasteiger partial charge in [0.05, 0.1) is 12.0 Å². The summed E-state index contributed by atoms with van der Waals surface area (Å²) in [7, 11) is 1.73. The molecule has 0 radical (unpaired) electrons. The van der Waals surface area contributed by atoms with E-state index in [9.17, 15) is 9.59 Å². The summed E-state index contributed by atoms with van der Waals surface area (Å²) < 4.78 is 0. The zero-order valence-corrected chi connectivity index (χ0v) is 13.8. The molecule has 0 aliphatic carbocycles. The third-order valence-corrected chi connectivity index (χ3v) is 4.38. The Morgan fingerprint density at radius 2 is 1.88 bits per heavy atom. The molecular weight excluding hydrogens is 304 g/mol. The predicted molar refractivity (Wildman–Crippen MR) is 89.8 cm³/mol. The Morgan fingerprint density at radius 1 is 1.21 bits per heavy atom. The molecule has 6 nitrogen and oxygen atoms in total. The monoisotopic (exact) mass is 324 g/mol. The second-order valence-corrected chi connectivity index (χ2v) is 6.15. The van der Waals surface area contributed by atoms with Gasteiger partial charge in [0.1, 0.15) is 6.33 Å². The predicted octanol–water partition coefficient (Wildman–Crippen LogP) is 1.80. The Morgan fingerprint density at radius 3 is 2.46 bits per heavy atom. The van der Waals surface area contributed by atoms with E-state index >= 15 is 0 Å². The highest BCUT2D eigenvalue weighted by atomic mass is 16.2. The number of amides is 2. The molecule has 1 aliphatic heterocycles. The van der Waals surface area contributed by atoms with Crippen LogP contribution in [-0.4, -0.2) is 40.3 Å². The lowest BCUT2D eigenvalue weighted by Crippen LogP contribution is -2.34. The maximum Gasteiger partial charge on any atom is 0.225 e. The molecule has 2 amide bonds. The van der Waals surface area contributed by atoms with E-state index in [1.165, 1.54) is 6.33 Å². The van der Waals surface area contributed by atoms with Gasteiger partial charge in [-0.15, -0.1) is 0 Å². The minimum absolute atomic E-state index is 0.0252. The van der Waals surface area contributed by atoms with Crippen LogP contribution < -0.4 is 5.32 Å². The highest BCUT2D eigenvalue weighted by molar-refractivity contribution is 5.89. The molecule has 2 atom stereocenters. The van der Waals surface area contributed by atoms with Crippen LogP contribution in [0.15, 0.2) is 43.0 Å². The third-order valence-electron chi connectivity index (χ3n) is 4.38. The lowest BCUT2D eigenvalue weighted by Gasteiger charge is -2.17. The molecule has 1 saturated heterocycles. The van der Waals surface area contributed by atoms with Gasteiger partial charge in [0.25, 0.3) is 0 Å². The molecule has 6 heteroatoms. The fraction of sp³-hybridized carbons (Fsp3) is 0.333. The van der Waals surface area contributed by atoms with Crippen molar-refractivity contribution in [1.82, 2.24) is 20.2 Å². The molecule has 1 aromatic carbocycles. The first-order valence-corrected chi connectivity index (χ1v) is 7.94. The number of hydrogen-bond donors (Lipinski definition) is 1. The molecule has 1 N–H and O–H groups in total. The van der Waals surface area contributed by atoms with Crippen molar-refractivity contribution in [1.29, 1.82) is 0 Å². The number of nitrogens with one attached hydrogen (secondary N) is 1. The topological polar surface area (TPSA) is 75.2 Å². The molecule has 3 rings (SSSR count). The Labute approximate surface area is 140 Å². The van der Waals surface area contributed by atoms with Gasteiger partial charge in [-0.25, -0.2) is 9.97 Å². The summed E-state index contributed by atoms with van der Waals surface area (Å²) in [4.78, 5) is 33.5. The number of likely N-dealkylation sites (tertiary alicyclic amines) is 1. The summed E-state index contributed by atoms with van der Waals surface area (Å²) in [5, 5.41) is 3.00. The molecule has 0 bridgehead atoms. The van der Waals surface area contributed by atoms with E-state index in [-0.39, 0.29) is 23.8 Å². The van der Waals surface area contributed by atoms with Crippen molar-refractivity contribution in [3.05, 3.63) is 48.5 Å². The summed E-state index contributed by atoms with van der Waals surface area (Å²) in [5.74, 6) is -0.302. The van der Waals surface area contributed by atoms with Gasteiger partial charge in [-0.2, -0.15) is 0 Å².